The van der Waals surface area contributed by atoms with Crippen LogP contribution in [0.4, 0.5) is 5.69 Å². The van der Waals surface area contributed by atoms with Crippen molar-refractivity contribution in [3.05, 3.63) is 44.5 Å². The van der Waals surface area contributed by atoms with Crippen LogP contribution in [0.5, 0.6) is 5.75 Å². The Morgan fingerprint density at radius 3 is 2.31 bits per heavy atom. The van der Waals surface area contributed by atoms with Crippen LogP contribution in [0.2, 0.25) is 0 Å². The summed E-state index contributed by atoms with van der Waals surface area (Å²) in [4.78, 5) is 56.1. The first-order valence-corrected chi connectivity index (χ1v) is 14.0. The van der Waals surface area contributed by atoms with Crippen molar-refractivity contribution in [3.8, 4) is 5.75 Å². The summed E-state index contributed by atoms with van der Waals surface area (Å²) in [7, 11) is 6.93. The number of phenolic OH excluding ortho intramolecular Hbond substituents is 1. The summed E-state index contributed by atoms with van der Waals surface area (Å²) >= 11 is 0. The molecule has 3 aliphatic carbocycles. The zero-order valence-corrected chi connectivity index (χ0v) is 25.2. The minimum Gasteiger partial charge on any atom is -0.507 e. The lowest BCUT2D eigenvalue weighted by Gasteiger charge is -2.52. The summed E-state index contributed by atoms with van der Waals surface area (Å²) in [5, 5.41) is 40.2. The SMILES string of the molecule is CN(C)c1cc(CNCC(C)(C)C)c(O)c2c1C[C@H]1CC3[C@H](N(C)C)C(N=O)=C(C(N)=O)C(=O)[C@@]3(CO)C(=O)C1=C2O. The quantitative estimate of drug-likeness (QED) is 0.171. The molecule has 1 saturated carbocycles. The first kappa shape index (κ1) is 31.3. The fourth-order valence-corrected chi connectivity index (χ4v) is 6.96. The summed E-state index contributed by atoms with van der Waals surface area (Å²) in [5.74, 6) is -5.34. The van der Waals surface area contributed by atoms with Gasteiger partial charge in [0.2, 0.25) is 0 Å². The topological polar surface area (TPSA) is 186 Å². The van der Waals surface area contributed by atoms with E-state index < -0.39 is 58.7 Å². The van der Waals surface area contributed by atoms with Crippen LogP contribution < -0.4 is 16.0 Å². The Hall–Kier alpha value is -3.61. The number of allylic oxidation sites excluding steroid dienone is 1. The molecule has 0 spiro atoms. The maximum Gasteiger partial charge on any atom is 0.254 e. The number of rotatable bonds is 8. The molecule has 0 aromatic heterocycles. The Kier molecular flexibility index (Phi) is 8.13. The molecule has 4 atom stereocenters. The molecule has 0 aliphatic heterocycles. The number of aliphatic hydroxyl groups is 2. The first-order valence-electron chi connectivity index (χ1n) is 14.0. The molecule has 1 aromatic carbocycles. The number of hydrogen-bond acceptors (Lipinski definition) is 11. The maximum absolute atomic E-state index is 14.4. The maximum atomic E-state index is 14.4. The largest absolute Gasteiger partial charge is 0.507 e. The van der Waals surface area contributed by atoms with Crippen molar-refractivity contribution in [1.29, 1.82) is 0 Å². The highest BCUT2D eigenvalue weighted by Gasteiger charge is 2.65. The van der Waals surface area contributed by atoms with E-state index in [0.717, 1.165) is 5.69 Å². The van der Waals surface area contributed by atoms with Crippen molar-refractivity contribution in [1.82, 2.24) is 10.2 Å². The first-order chi connectivity index (χ1) is 19.5. The normalized spacial score (nSPS) is 25.8. The highest BCUT2D eigenvalue weighted by Crippen LogP contribution is 2.57. The van der Waals surface area contributed by atoms with Gasteiger partial charge in [-0.25, -0.2) is 0 Å². The van der Waals surface area contributed by atoms with Crippen molar-refractivity contribution >= 4 is 28.9 Å². The van der Waals surface area contributed by atoms with Gasteiger partial charge in [-0.05, 0) is 55.1 Å². The molecule has 0 radical (unpaired) electrons. The smallest absolute Gasteiger partial charge is 0.254 e. The number of carbonyl (C=O) groups excluding carboxylic acids is 3. The number of anilines is 1. The van der Waals surface area contributed by atoms with Gasteiger partial charge in [0.1, 0.15) is 28.2 Å². The molecular weight excluding hydrogens is 542 g/mol. The highest BCUT2D eigenvalue weighted by molar-refractivity contribution is 6.31. The molecular formula is C30H41N5O7. The van der Waals surface area contributed by atoms with E-state index in [-0.39, 0.29) is 40.8 Å². The molecule has 3 aliphatic rings. The van der Waals surface area contributed by atoms with Crippen molar-refractivity contribution in [2.45, 2.75) is 46.2 Å². The summed E-state index contributed by atoms with van der Waals surface area (Å²) in [6, 6.07) is 0.884. The molecule has 1 fully saturated rings. The molecule has 12 heteroatoms. The van der Waals surface area contributed by atoms with Gasteiger partial charge in [-0.15, -0.1) is 4.91 Å². The number of nitrogens with zero attached hydrogens (tertiary/aromatic N) is 3. The second-order valence-corrected chi connectivity index (χ2v) is 13.2. The third-order valence-corrected chi connectivity index (χ3v) is 8.79. The number of aromatic hydroxyl groups is 1. The van der Waals surface area contributed by atoms with E-state index >= 15 is 0 Å². The number of benzene rings is 1. The van der Waals surface area contributed by atoms with Crippen molar-refractivity contribution in [2.75, 3.05) is 46.2 Å². The van der Waals surface area contributed by atoms with Gasteiger partial charge in [0.15, 0.2) is 11.6 Å². The number of hydrogen-bond donors (Lipinski definition) is 5. The predicted octanol–water partition coefficient (Wildman–Crippen LogP) is 1.62. The van der Waals surface area contributed by atoms with E-state index in [1.807, 2.05) is 25.1 Å². The Bertz CT molecular complexity index is 1420. The number of fused-ring (bicyclic) bond motifs is 3. The van der Waals surface area contributed by atoms with E-state index in [1.54, 1.807) is 19.0 Å². The summed E-state index contributed by atoms with van der Waals surface area (Å²) in [6.45, 7) is 6.23. The zero-order valence-electron chi connectivity index (χ0n) is 25.2. The Labute approximate surface area is 245 Å². The fourth-order valence-electron chi connectivity index (χ4n) is 6.96. The lowest BCUT2D eigenvalue weighted by atomic mass is 9.51. The number of ketones is 2. The van der Waals surface area contributed by atoms with Gasteiger partial charge in [0.05, 0.1) is 18.2 Å². The minimum atomic E-state index is -2.17. The van der Waals surface area contributed by atoms with E-state index in [0.29, 0.717) is 24.2 Å². The Balaban J connectivity index is 1.94. The van der Waals surface area contributed by atoms with Crippen molar-refractivity contribution in [3.63, 3.8) is 0 Å². The number of Topliss-reactive ketones (excluding diaryl/α,β-unsaturated/α-hetero) is 2. The highest BCUT2D eigenvalue weighted by atomic mass is 16.3. The van der Waals surface area contributed by atoms with Gasteiger partial charge in [0, 0.05) is 49.9 Å². The number of primary amides is 1. The van der Waals surface area contributed by atoms with Crippen LogP contribution in [0.25, 0.3) is 5.76 Å². The van der Waals surface area contributed by atoms with Crippen LogP contribution in [0.3, 0.4) is 0 Å². The van der Waals surface area contributed by atoms with Gasteiger partial charge in [0.25, 0.3) is 5.91 Å². The summed E-state index contributed by atoms with van der Waals surface area (Å²) < 4.78 is 0. The van der Waals surface area contributed by atoms with E-state index in [4.69, 9.17) is 5.73 Å². The van der Waals surface area contributed by atoms with Gasteiger partial charge >= 0.3 is 0 Å². The average molecular weight is 584 g/mol. The van der Waals surface area contributed by atoms with Crippen LogP contribution in [-0.4, -0.2) is 85.1 Å². The number of likely N-dealkylation sites (N-methyl/N-ethyl adjacent to an activating group) is 1. The standard InChI is InChI=1S/C30H41N5O7/c1-29(2,3)12-32-11-15-10-18(34(4)5)16-8-14-9-17-23(35(6)7)22(33-42)21(28(31)41)27(40)30(17,13-36)26(39)19(14)25(38)20(16)24(15)37/h10,14,17,23,32,36-38H,8-9,11-13H2,1-7H3,(H2,31,41)/t14-,17?,23-,30+/m0/s1. The lowest BCUT2D eigenvalue weighted by Crippen LogP contribution is -2.64. The summed E-state index contributed by atoms with van der Waals surface area (Å²) in [6.07, 6.45) is 0.368. The van der Waals surface area contributed by atoms with Crippen LogP contribution in [0, 0.1) is 27.6 Å². The Morgan fingerprint density at radius 2 is 1.81 bits per heavy atom. The minimum absolute atomic E-state index is 0.0103. The number of phenols is 1. The third kappa shape index (κ3) is 4.71. The molecule has 0 saturated heterocycles. The monoisotopic (exact) mass is 583 g/mol. The second-order valence-electron chi connectivity index (χ2n) is 13.2. The molecule has 1 amide bonds. The zero-order chi connectivity index (χ0) is 31.5. The summed E-state index contributed by atoms with van der Waals surface area (Å²) in [5.41, 5.74) is 4.16. The van der Waals surface area contributed by atoms with Crippen LogP contribution in [0.1, 0.15) is 43.9 Å². The number of carbonyl (C=O) groups is 3. The number of nitrogens with one attached hydrogen (secondary N) is 1. The van der Waals surface area contributed by atoms with E-state index in [9.17, 15) is 34.6 Å². The average Bonchev–Trinajstić information content (AvgIpc) is 2.88. The lowest BCUT2D eigenvalue weighted by molar-refractivity contribution is -0.151. The van der Waals surface area contributed by atoms with Gasteiger partial charge in [-0.1, -0.05) is 20.8 Å². The number of aliphatic hydroxyl groups excluding tert-OH is 2. The second kappa shape index (κ2) is 10.9. The fraction of sp³-hybridized carbons (Fsp3) is 0.567. The molecule has 0 heterocycles. The molecule has 0 bridgehead atoms. The molecule has 12 nitrogen and oxygen atoms in total. The van der Waals surface area contributed by atoms with E-state index in [1.165, 1.54) is 0 Å². The number of amides is 1. The molecule has 42 heavy (non-hydrogen) atoms. The molecule has 6 N–H and O–H groups in total. The van der Waals surface area contributed by atoms with Gasteiger partial charge in [-0.2, -0.15) is 0 Å². The van der Waals surface area contributed by atoms with Crippen LogP contribution in [0.15, 0.2) is 28.1 Å². The van der Waals surface area contributed by atoms with Gasteiger partial charge in [-0.3, -0.25) is 14.4 Å². The van der Waals surface area contributed by atoms with Crippen molar-refractivity contribution < 1.29 is 29.7 Å². The third-order valence-electron chi connectivity index (χ3n) is 8.79. The molecule has 4 rings (SSSR count). The number of nitrogens with two attached hydrogens (primary N) is 1. The van der Waals surface area contributed by atoms with E-state index in [2.05, 4.69) is 31.3 Å². The Morgan fingerprint density at radius 1 is 1.17 bits per heavy atom. The molecule has 1 aromatic rings. The van der Waals surface area contributed by atoms with Gasteiger partial charge < -0.3 is 36.2 Å². The molecule has 1 unspecified atom stereocenters. The van der Waals surface area contributed by atoms with Crippen LogP contribution in [-0.2, 0) is 27.3 Å². The van der Waals surface area contributed by atoms with Crippen molar-refractivity contribution in [2.24, 2.45) is 33.6 Å². The van der Waals surface area contributed by atoms with Crippen LogP contribution >= 0.6 is 0 Å². The molecule has 228 valence electrons. The number of nitroso groups, excluding NO2 is 1. The predicted molar refractivity (Wildman–Crippen MR) is 157 cm³/mol.